The SMILES string of the molecule is O=C(NCCCC[C@H](NC(=O)Oc1ccccc1)C(=O)O)OCc1ccccc1. The van der Waals surface area contributed by atoms with Crippen LogP contribution in [0, 0.1) is 0 Å². The highest BCUT2D eigenvalue weighted by molar-refractivity contribution is 5.80. The Morgan fingerprint density at radius 3 is 2.21 bits per heavy atom. The van der Waals surface area contributed by atoms with Crippen LogP contribution in [0.4, 0.5) is 9.59 Å². The van der Waals surface area contributed by atoms with Crippen molar-refractivity contribution < 1.29 is 29.0 Å². The van der Waals surface area contributed by atoms with Gasteiger partial charge in [-0.05, 0) is 37.0 Å². The molecule has 0 spiro atoms. The molecule has 1 atom stereocenters. The normalized spacial score (nSPS) is 11.2. The number of carboxylic acids is 1. The highest BCUT2D eigenvalue weighted by Gasteiger charge is 2.20. The summed E-state index contributed by atoms with van der Waals surface area (Å²) in [7, 11) is 0. The summed E-state index contributed by atoms with van der Waals surface area (Å²) in [5, 5.41) is 14.2. The van der Waals surface area contributed by atoms with Crippen molar-refractivity contribution in [1.29, 1.82) is 0 Å². The van der Waals surface area contributed by atoms with Crippen molar-refractivity contribution in [2.45, 2.75) is 31.9 Å². The smallest absolute Gasteiger partial charge is 0.413 e. The molecule has 0 unspecified atom stereocenters. The van der Waals surface area contributed by atoms with Crippen molar-refractivity contribution in [2.75, 3.05) is 6.54 Å². The van der Waals surface area contributed by atoms with E-state index in [1.165, 1.54) is 0 Å². The van der Waals surface area contributed by atoms with Gasteiger partial charge < -0.3 is 25.2 Å². The van der Waals surface area contributed by atoms with Gasteiger partial charge in [0, 0.05) is 6.54 Å². The molecule has 29 heavy (non-hydrogen) atoms. The van der Waals surface area contributed by atoms with Crippen LogP contribution in [0.5, 0.6) is 5.75 Å². The molecule has 2 rings (SSSR count). The molecule has 0 aliphatic carbocycles. The second-order valence-electron chi connectivity index (χ2n) is 6.22. The van der Waals surface area contributed by atoms with Gasteiger partial charge in [0.1, 0.15) is 18.4 Å². The zero-order valence-electron chi connectivity index (χ0n) is 15.9. The van der Waals surface area contributed by atoms with Crippen LogP contribution in [0.2, 0.25) is 0 Å². The lowest BCUT2D eigenvalue weighted by Gasteiger charge is -2.14. The number of hydrogen-bond donors (Lipinski definition) is 3. The number of benzene rings is 2. The zero-order valence-corrected chi connectivity index (χ0v) is 15.9. The molecule has 0 saturated heterocycles. The first-order chi connectivity index (χ1) is 14.0. The lowest BCUT2D eigenvalue weighted by atomic mass is 10.1. The number of amides is 2. The number of carbonyl (C=O) groups is 3. The summed E-state index contributed by atoms with van der Waals surface area (Å²) in [5.41, 5.74) is 0.889. The highest BCUT2D eigenvalue weighted by Crippen LogP contribution is 2.09. The molecule has 0 saturated carbocycles. The maximum absolute atomic E-state index is 11.8. The van der Waals surface area contributed by atoms with E-state index in [4.69, 9.17) is 9.47 Å². The van der Waals surface area contributed by atoms with E-state index < -0.39 is 24.2 Å². The zero-order chi connectivity index (χ0) is 20.9. The number of unbranched alkanes of at least 4 members (excludes halogenated alkanes) is 1. The van der Waals surface area contributed by atoms with E-state index in [0.717, 1.165) is 5.56 Å². The fraction of sp³-hybridized carbons (Fsp3) is 0.286. The molecule has 0 aliphatic rings. The standard InChI is InChI=1S/C21H24N2O6/c24-19(25)18(23-21(27)29-17-11-5-2-6-12-17)13-7-8-14-22-20(26)28-15-16-9-3-1-4-10-16/h1-6,9-12,18H,7-8,13-15H2,(H,22,26)(H,23,27)(H,24,25)/t18-/m0/s1. The molecule has 0 aromatic heterocycles. The van der Waals surface area contributed by atoms with Crippen LogP contribution in [-0.2, 0) is 16.1 Å². The van der Waals surface area contributed by atoms with Crippen LogP contribution < -0.4 is 15.4 Å². The molecular weight excluding hydrogens is 376 g/mol. The van der Waals surface area contributed by atoms with Gasteiger partial charge in [0.15, 0.2) is 0 Å². The molecule has 0 radical (unpaired) electrons. The maximum atomic E-state index is 11.8. The van der Waals surface area contributed by atoms with E-state index in [-0.39, 0.29) is 13.0 Å². The Morgan fingerprint density at radius 2 is 1.55 bits per heavy atom. The van der Waals surface area contributed by atoms with Crippen LogP contribution >= 0.6 is 0 Å². The lowest BCUT2D eigenvalue weighted by molar-refractivity contribution is -0.139. The van der Waals surface area contributed by atoms with Crippen molar-refractivity contribution >= 4 is 18.2 Å². The molecule has 8 heteroatoms. The predicted octanol–water partition coefficient (Wildman–Crippen LogP) is 3.32. The summed E-state index contributed by atoms with van der Waals surface area (Å²) < 4.78 is 10.1. The third kappa shape index (κ3) is 8.79. The topological polar surface area (TPSA) is 114 Å². The minimum absolute atomic E-state index is 0.182. The van der Waals surface area contributed by atoms with Crippen molar-refractivity contribution in [3.63, 3.8) is 0 Å². The van der Waals surface area contributed by atoms with Gasteiger partial charge in [-0.3, -0.25) is 0 Å². The van der Waals surface area contributed by atoms with Gasteiger partial charge >= 0.3 is 18.2 Å². The average molecular weight is 400 g/mol. The Balaban J connectivity index is 1.61. The van der Waals surface area contributed by atoms with Gasteiger partial charge in [-0.25, -0.2) is 14.4 Å². The summed E-state index contributed by atoms with van der Waals surface area (Å²) >= 11 is 0. The number of para-hydroxylation sites is 1. The predicted molar refractivity (Wildman–Crippen MR) is 106 cm³/mol. The van der Waals surface area contributed by atoms with Crippen molar-refractivity contribution in [3.8, 4) is 5.75 Å². The molecule has 2 aromatic rings. The van der Waals surface area contributed by atoms with Crippen LogP contribution in [0.25, 0.3) is 0 Å². The number of aliphatic carboxylic acids is 1. The van der Waals surface area contributed by atoms with E-state index in [9.17, 15) is 19.5 Å². The van der Waals surface area contributed by atoms with Gasteiger partial charge in [-0.2, -0.15) is 0 Å². The number of alkyl carbamates (subject to hydrolysis) is 1. The number of carbonyl (C=O) groups excluding carboxylic acids is 2. The molecule has 3 N–H and O–H groups in total. The maximum Gasteiger partial charge on any atom is 0.413 e. The van der Waals surface area contributed by atoms with E-state index in [1.54, 1.807) is 30.3 Å². The minimum Gasteiger partial charge on any atom is -0.480 e. The van der Waals surface area contributed by atoms with Crippen LogP contribution in [0.1, 0.15) is 24.8 Å². The molecule has 2 amide bonds. The van der Waals surface area contributed by atoms with Gasteiger partial charge in [0.25, 0.3) is 0 Å². The molecule has 0 aliphatic heterocycles. The summed E-state index contributed by atoms with van der Waals surface area (Å²) in [4.78, 5) is 34.8. The number of hydrogen-bond acceptors (Lipinski definition) is 5. The Hall–Kier alpha value is -3.55. The van der Waals surface area contributed by atoms with Gasteiger partial charge in [-0.1, -0.05) is 48.5 Å². The van der Waals surface area contributed by atoms with Crippen LogP contribution in [0.3, 0.4) is 0 Å². The van der Waals surface area contributed by atoms with Crippen LogP contribution in [-0.4, -0.2) is 35.8 Å². The Kier molecular flexibility index (Phi) is 9.01. The third-order valence-electron chi connectivity index (χ3n) is 3.95. The van der Waals surface area contributed by atoms with Gasteiger partial charge in [-0.15, -0.1) is 0 Å². The Bertz CT molecular complexity index is 782. The van der Waals surface area contributed by atoms with Crippen molar-refractivity contribution in [1.82, 2.24) is 10.6 Å². The molecule has 2 aromatic carbocycles. The second kappa shape index (κ2) is 12.0. The first-order valence-corrected chi connectivity index (χ1v) is 9.25. The quantitative estimate of drug-likeness (QED) is 0.527. The fourth-order valence-corrected chi connectivity index (χ4v) is 2.46. The molecule has 0 bridgehead atoms. The molecular formula is C21H24N2O6. The van der Waals surface area contributed by atoms with Gasteiger partial charge in [0.2, 0.25) is 0 Å². The molecule has 8 nitrogen and oxygen atoms in total. The average Bonchev–Trinajstić information content (AvgIpc) is 2.72. The van der Waals surface area contributed by atoms with E-state index in [2.05, 4.69) is 10.6 Å². The summed E-state index contributed by atoms with van der Waals surface area (Å²) in [6.45, 7) is 0.523. The molecule has 0 heterocycles. The van der Waals surface area contributed by atoms with E-state index in [0.29, 0.717) is 25.1 Å². The van der Waals surface area contributed by atoms with Crippen LogP contribution in [0.15, 0.2) is 60.7 Å². The highest BCUT2D eigenvalue weighted by atomic mass is 16.6. The number of rotatable bonds is 10. The molecule has 154 valence electrons. The third-order valence-corrected chi connectivity index (χ3v) is 3.95. The van der Waals surface area contributed by atoms with Crippen molar-refractivity contribution in [2.24, 2.45) is 0 Å². The molecule has 0 fully saturated rings. The first-order valence-electron chi connectivity index (χ1n) is 9.25. The number of carboxylic acid groups (broad SMARTS) is 1. The number of nitrogens with one attached hydrogen (secondary N) is 2. The van der Waals surface area contributed by atoms with E-state index >= 15 is 0 Å². The summed E-state index contributed by atoms with van der Waals surface area (Å²) in [5.74, 6) is -0.822. The largest absolute Gasteiger partial charge is 0.480 e. The fourth-order valence-electron chi connectivity index (χ4n) is 2.46. The van der Waals surface area contributed by atoms with Crippen molar-refractivity contribution in [3.05, 3.63) is 66.2 Å². The lowest BCUT2D eigenvalue weighted by Crippen LogP contribution is -2.42. The second-order valence-corrected chi connectivity index (χ2v) is 6.22. The van der Waals surface area contributed by atoms with E-state index in [1.807, 2.05) is 30.3 Å². The minimum atomic E-state index is -1.15. The Morgan fingerprint density at radius 1 is 0.897 bits per heavy atom. The monoisotopic (exact) mass is 400 g/mol. The van der Waals surface area contributed by atoms with Gasteiger partial charge in [0.05, 0.1) is 0 Å². The number of ether oxygens (including phenoxy) is 2. The first kappa shape index (κ1) is 21.7. The summed E-state index contributed by atoms with van der Waals surface area (Å²) in [6.07, 6.45) is -0.124. The Labute approximate surface area is 168 Å². The summed E-state index contributed by atoms with van der Waals surface area (Å²) in [6, 6.07) is 16.6.